The zero-order valence-corrected chi connectivity index (χ0v) is 11.2. The largest absolute Gasteiger partial charge is 0.325 e. The van der Waals surface area contributed by atoms with Crippen molar-refractivity contribution in [1.29, 1.82) is 0 Å². The lowest BCUT2D eigenvalue weighted by Crippen LogP contribution is -2.35. The van der Waals surface area contributed by atoms with Crippen molar-refractivity contribution in [1.82, 2.24) is 5.32 Å². The number of hydrogen-bond acceptors (Lipinski definition) is 2. The molecule has 0 bridgehead atoms. The number of carbonyl (C=O) groups excluding carboxylic acids is 1. The molecule has 98 valence electrons. The standard InChI is InChI=1S/C15H22N2O/c1-3-11(2)12-6-8-13(9-7-12)17-15(18)14-5-4-10-16-14/h6-9,11,14,16H,3-5,10H2,1-2H3,(H,17,18)/t11?,14-/m1/s1. The first-order chi connectivity index (χ1) is 8.70. The smallest absolute Gasteiger partial charge is 0.241 e. The van der Waals surface area contributed by atoms with E-state index >= 15 is 0 Å². The summed E-state index contributed by atoms with van der Waals surface area (Å²) in [6.07, 6.45) is 3.17. The van der Waals surface area contributed by atoms with Crippen LogP contribution in [0.2, 0.25) is 0 Å². The molecule has 1 aromatic carbocycles. The number of hydrogen-bond donors (Lipinski definition) is 2. The van der Waals surface area contributed by atoms with Crippen molar-refractivity contribution in [2.75, 3.05) is 11.9 Å². The van der Waals surface area contributed by atoms with Crippen LogP contribution in [0.25, 0.3) is 0 Å². The van der Waals surface area contributed by atoms with E-state index in [4.69, 9.17) is 0 Å². The van der Waals surface area contributed by atoms with Gasteiger partial charge in [-0.15, -0.1) is 0 Å². The van der Waals surface area contributed by atoms with E-state index in [1.165, 1.54) is 5.56 Å². The first-order valence-corrected chi connectivity index (χ1v) is 6.85. The lowest BCUT2D eigenvalue weighted by atomic mass is 9.98. The number of nitrogens with one attached hydrogen (secondary N) is 2. The van der Waals surface area contributed by atoms with Crippen LogP contribution in [0.15, 0.2) is 24.3 Å². The van der Waals surface area contributed by atoms with Gasteiger partial charge in [0.2, 0.25) is 5.91 Å². The monoisotopic (exact) mass is 246 g/mol. The molecule has 2 rings (SSSR count). The van der Waals surface area contributed by atoms with E-state index in [1.807, 2.05) is 12.1 Å². The molecule has 1 amide bonds. The molecule has 0 aliphatic carbocycles. The van der Waals surface area contributed by atoms with Gasteiger partial charge < -0.3 is 10.6 Å². The van der Waals surface area contributed by atoms with Gasteiger partial charge in [0.1, 0.15) is 0 Å². The van der Waals surface area contributed by atoms with Crippen LogP contribution >= 0.6 is 0 Å². The van der Waals surface area contributed by atoms with Crippen molar-refractivity contribution < 1.29 is 4.79 Å². The molecular formula is C15H22N2O. The van der Waals surface area contributed by atoms with Crippen molar-refractivity contribution in [3.05, 3.63) is 29.8 Å². The lowest BCUT2D eigenvalue weighted by Gasteiger charge is -2.13. The number of carbonyl (C=O) groups is 1. The van der Waals surface area contributed by atoms with Gasteiger partial charge in [-0.3, -0.25) is 4.79 Å². The van der Waals surface area contributed by atoms with Crippen molar-refractivity contribution >= 4 is 11.6 Å². The Morgan fingerprint density at radius 2 is 2.17 bits per heavy atom. The van der Waals surface area contributed by atoms with Crippen LogP contribution in [0.1, 0.15) is 44.6 Å². The highest BCUT2D eigenvalue weighted by Crippen LogP contribution is 2.20. The van der Waals surface area contributed by atoms with Gasteiger partial charge in [-0.25, -0.2) is 0 Å². The Morgan fingerprint density at radius 1 is 1.44 bits per heavy atom. The second kappa shape index (κ2) is 6.01. The van der Waals surface area contributed by atoms with E-state index < -0.39 is 0 Å². The Morgan fingerprint density at radius 3 is 2.72 bits per heavy atom. The summed E-state index contributed by atoms with van der Waals surface area (Å²) in [6.45, 7) is 5.35. The highest BCUT2D eigenvalue weighted by molar-refractivity contribution is 5.95. The van der Waals surface area contributed by atoms with Gasteiger partial charge in [-0.2, -0.15) is 0 Å². The van der Waals surface area contributed by atoms with Crippen molar-refractivity contribution in [3.8, 4) is 0 Å². The number of anilines is 1. The van der Waals surface area contributed by atoms with E-state index in [1.54, 1.807) is 0 Å². The molecule has 0 radical (unpaired) electrons. The molecule has 1 aliphatic rings. The van der Waals surface area contributed by atoms with E-state index in [-0.39, 0.29) is 11.9 Å². The third-order valence-electron chi connectivity index (χ3n) is 3.74. The highest BCUT2D eigenvalue weighted by Gasteiger charge is 2.21. The Bertz CT molecular complexity index is 393. The molecule has 2 N–H and O–H groups in total. The van der Waals surface area contributed by atoms with Crippen LogP contribution in [0.4, 0.5) is 5.69 Å². The molecule has 1 aromatic rings. The van der Waals surface area contributed by atoms with Crippen molar-refractivity contribution in [2.45, 2.75) is 45.1 Å². The molecule has 1 unspecified atom stereocenters. The summed E-state index contributed by atoms with van der Waals surface area (Å²) in [5, 5.41) is 6.17. The van der Waals surface area contributed by atoms with Crippen LogP contribution in [0, 0.1) is 0 Å². The Kier molecular flexibility index (Phi) is 4.37. The van der Waals surface area contributed by atoms with E-state index in [9.17, 15) is 4.79 Å². The van der Waals surface area contributed by atoms with Crippen LogP contribution in [0.3, 0.4) is 0 Å². The average Bonchev–Trinajstić information content (AvgIpc) is 2.92. The molecule has 0 saturated carbocycles. The maximum absolute atomic E-state index is 11.9. The van der Waals surface area contributed by atoms with E-state index in [0.29, 0.717) is 5.92 Å². The number of amides is 1. The Labute approximate surface area is 109 Å². The third kappa shape index (κ3) is 3.10. The SMILES string of the molecule is CCC(C)c1ccc(NC(=O)[C@H]2CCCN2)cc1. The molecule has 1 saturated heterocycles. The first kappa shape index (κ1) is 13.1. The van der Waals surface area contributed by atoms with Crippen molar-refractivity contribution in [2.24, 2.45) is 0 Å². The molecule has 0 spiro atoms. The fourth-order valence-corrected chi connectivity index (χ4v) is 2.27. The fourth-order valence-electron chi connectivity index (χ4n) is 2.27. The maximum Gasteiger partial charge on any atom is 0.241 e. The summed E-state index contributed by atoms with van der Waals surface area (Å²) in [5.74, 6) is 0.662. The molecule has 3 nitrogen and oxygen atoms in total. The molecule has 1 fully saturated rings. The van der Waals surface area contributed by atoms with Crippen LogP contribution in [0.5, 0.6) is 0 Å². The lowest BCUT2D eigenvalue weighted by molar-refractivity contribution is -0.117. The Hall–Kier alpha value is -1.35. The van der Waals surface area contributed by atoms with Gasteiger partial charge >= 0.3 is 0 Å². The summed E-state index contributed by atoms with van der Waals surface area (Å²) in [6, 6.07) is 8.18. The molecule has 18 heavy (non-hydrogen) atoms. The molecule has 1 heterocycles. The van der Waals surface area contributed by atoms with Gasteiger partial charge in [0.05, 0.1) is 6.04 Å². The van der Waals surface area contributed by atoms with Crippen LogP contribution < -0.4 is 10.6 Å². The minimum Gasteiger partial charge on any atom is -0.325 e. The summed E-state index contributed by atoms with van der Waals surface area (Å²) in [7, 11) is 0. The summed E-state index contributed by atoms with van der Waals surface area (Å²) in [5.41, 5.74) is 2.22. The predicted octanol–water partition coefficient (Wildman–Crippen LogP) is 2.89. The second-order valence-corrected chi connectivity index (χ2v) is 5.07. The van der Waals surface area contributed by atoms with Gasteiger partial charge in [-0.1, -0.05) is 26.0 Å². The average molecular weight is 246 g/mol. The summed E-state index contributed by atoms with van der Waals surface area (Å²) < 4.78 is 0. The third-order valence-corrected chi connectivity index (χ3v) is 3.74. The predicted molar refractivity (Wildman–Crippen MR) is 74.8 cm³/mol. The molecular weight excluding hydrogens is 224 g/mol. The Balaban J connectivity index is 1.95. The van der Waals surface area contributed by atoms with E-state index in [0.717, 1.165) is 31.5 Å². The van der Waals surface area contributed by atoms with Gasteiger partial charge in [0.15, 0.2) is 0 Å². The normalized spacial score (nSPS) is 20.7. The zero-order chi connectivity index (χ0) is 13.0. The highest BCUT2D eigenvalue weighted by atomic mass is 16.2. The quantitative estimate of drug-likeness (QED) is 0.857. The van der Waals surface area contributed by atoms with E-state index in [2.05, 4.69) is 36.6 Å². The fraction of sp³-hybridized carbons (Fsp3) is 0.533. The molecule has 0 aromatic heterocycles. The number of benzene rings is 1. The maximum atomic E-state index is 11.9. The molecule has 3 heteroatoms. The first-order valence-electron chi connectivity index (χ1n) is 6.85. The minimum atomic E-state index is -0.0146. The second-order valence-electron chi connectivity index (χ2n) is 5.07. The van der Waals surface area contributed by atoms with Gasteiger partial charge in [0.25, 0.3) is 0 Å². The van der Waals surface area contributed by atoms with Crippen LogP contribution in [-0.4, -0.2) is 18.5 Å². The van der Waals surface area contributed by atoms with Crippen LogP contribution in [-0.2, 0) is 4.79 Å². The van der Waals surface area contributed by atoms with Crippen molar-refractivity contribution in [3.63, 3.8) is 0 Å². The molecule has 2 atom stereocenters. The number of rotatable bonds is 4. The minimum absolute atomic E-state index is 0.0146. The zero-order valence-electron chi connectivity index (χ0n) is 11.2. The topological polar surface area (TPSA) is 41.1 Å². The summed E-state index contributed by atoms with van der Waals surface area (Å²) >= 11 is 0. The van der Waals surface area contributed by atoms with Gasteiger partial charge in [0, 0.05) is 5.69 Å². The van der Waals surface area contributed by atoms with Gasteiger partial charge in [-0.05, 0) is 49.4 Å². The summed E-state index contributed by atoms with van der Waals surface area (Å²) in [4.78, 5) is 11.9. The molecule has 1 aliphatic heterocycles.